The van der Waals surface area contributed by atoms with Crippen LogP contribution in [0.15, 0.2) is 48.5 Å². The Morgan fingerprint density at radius 3 is 2.42 bits per heavy atom. The van der Waals surface area contributed by atoms with Crippen LogP contribution in [0.3, 0.4) is 0 Å². The molecule has 6 nitrogen and oxygen atoms in total. The number of carbonyl (C=O) groups is 2. The number of hydrogen-bond donors (Lipinski definition) is 1. The maximum Gasteiger partial charge on any atom is 0.347 e. The molecule has 1 atom stereocenters. The molecule has 0 spiro atoms. The lowest BCUT2D eigenvalue weighted by molar-refractivity contribution is -0.151. The van der Waals surface area contributed by atoms with Crippen LogP contribution in [-0.2, 0) is 9.53 Å². The number of benzene rings is 2. The standard InChI is InChI=1S/C20H23NO5/c1-4-13-25-20(23)14(2)26-16-11-9-15(10-12-16)19(22)21-17-7-5-6-8-18(17)24-3/h5-12,14H,4,13H2,1-3H3,(H,21,22)/t14-/m0/s1. The molecule has 0 bridgehead atoms. The second kappa shape index (κ2) is 9.46. The van der Waals surface area contributed by atoms with Gasteiger partial charge >= 0.3 is 5.97 Å². The Morgan fingerprint density at radius 1 is 1.08 bits per heavy atom. The van der Waals surface area contributed by atoms with Gasteiger partial charge in [0.2, 0.25) is 0 Å². The fraction of sp³-hybridized carbons (Fsp3) is 0.300. The van der Waals surface area contributed by atoms with Gasteiger partial charge < -0.3 is 19.5 Å². The molecule has 0 aliphatic rings. The fourth-order valence-electron chi connectivity index (χ4n) is 2.20. The largest absolute Gasteiger partial charge is 0.495 e. The van der Waals surface area contributed by atoms with E-state index in [1.165, 1.54) is 0 Å². The number of para-hydroxylation sites is 2. The summed E-state index contributed by atoms with van der Waals surface area (Å²) in [5, 5.41) is 2.80. The van der Waals surface area contributed by atoms with Crippen molar-refractivity contribution in [3.63, 3.8) is 0 Å². The minimum absolute atomic E-state index is 0.267. The molecule has 2 aromatic rings. The lowest BCUT2D eigenvalue weighted by Gasteiger charge is -2.14. The summed E-state index contributed by atoms with van der Waals surface area (Å²) in [5.41, 5.74) is 1.05. The smallest absolute Gasteiger partial charge is 0.347 e. The van der Waals surface area contributed by atoms with Crippen molar-refractivity contribution in [2.24, 2.45) is 0 Å². The Hall–Kier alpha value is -3.02. The summed E-state index contributed by atoms with van der Waals surface area (Å²) < 4.78 is 15.8. The van der Waals surface area contributed by atoms with Gasteiger partial charge in [-0.2, -0.15) is 0 Å². The van der Waals surface area contributed by atoms with Crippen LogP contribution in [0.4, 0.5) is 5.69 Å². The van der Waals surface area contributed by atoms with E-state index >= 15 is 0 Å². The minimum atomic E-state index is -0.713. The number of nitrogens with one attached hydrogen (secondary N) is 1. The van der Waals surface area contributed by atoms with Crippen molar-refractivity contribution >= 4 is 17.6 Å². The number of ether oxygens (including phenoxy) is 3. The predicted octanol–water partition coefficient (Wildman–Crippen LogP) is 3.67. The Bertz CT molecular complexity index is 742. The van der Waals surface area contributed by atoms with Crippen molar-refractivity contribution in [2.45, 2.75) is 26.4 Å². The van der Waals surface area contributed by atoms with Crippen LogP contribution < -0.4 is 14.8 Å². The average Bonchev–Trinajstić information content (AvgIpc) is 2.66. The predicted molar refractivity (Wildman–Crippen MR) is 98.7 cm³/mol. The second-order valence-electron chi connectivity index (χ2n) is 5.61. The summed E-state index contributed by atoms with van der Waals surface area (Å²) in [4.78, 5) is 24.1. The van der Waals surface area contributed by atoms with E-state index in [9.17, 15) is 9.59 Å². The van der Waals surface area contributed by atoms with Crippen LogP contribution in [0.5, 0.6) is 11.5 Å². The van der Waals surface area contributed by atoms with Gasteiger partial charge in [0, 0.05) is 5.56 Å². The molecule has 0 heterocycles. The molecule has 0 aliphatic carbocycles. The highest BCUT2D eigenvalue weighted by Crippen LogP contribution is 2.24. The third-order valence-corrected chi connectivity index (χ3v) is 3.56. The van der Waals surface area contributed by atoms with Crippen LogP contribution in [0.1, 0.15) is 30.6 Å². The maximum absolute atomic E-state index is 12.4. The summed E-state index contributed by atoms with van der Waals surface area (Å²) in [6.07, 6.45) is 0.0453. The van der Waals surface area contributed by atoms with Crippen LogP contribution in [0, 0.1) is 0 Å². The third-order valence-electron chi connectivity index (χ3n) is 3.56. The maximum atomic E-state index is 12.4. The van der Waals surface area contributed by atoms with Gasteiger partial charge in [0.05, 0.1) is 19.4 Å². The van der Waals surface area contributed by atoms with Crippen LogP contribution in [-0.4, -0.2) is 31.7 Å². The zero-order valence-corrected chi connectivity index (χ0v) is 15.2. The molecule has 26 heavy (non-hydrogen) atoms. The molecule has 1 N–H and O–H groups in total. The Kier molecular flexibility index (Phi) is 7.02. The summed E-state index contributed by atoms with van der Waals surface area (Å²) >= 11 is 0. The monoisotopic (exact) mass is 357 g/mol. The molecule has 0 fully saturated rings. The molecule has 0 aliphatic heterocycles. The van der Waals surface area contributed by atoms with E-state index in [0.29, 0.717) is 29.4 Å². The normalized spacial score (nSPS) is 11.3. The first-order chi connectivity index (χ1) is 12.5. The average molecular weight is 357 g/mol. The molecular weight excluding hydrogens is 334 g/mol. The van der Waals surface area contributed by atoms with Crippen molar-refractivity contribution in [3.05, 3.63) is 54.1 Å². The van der Waals surface area contributed by atoms with Gasteiger partial charge in [-0.3, -0.25) is 4.79 Å². The Labute approximate surface area is 153 Å². The van der Waals surface area contributed by atoms with E-state index in [1.807, 2.05) is 19.1 Å². The number of carbonyl (C=O) groups excluding carboxylic acids is 2. The van der Waals surface area contributed by atoms with E-state index < -0.39 is 12.1 Å². The summed E-state index contributed by atoms with van der Waals surface area (Å²) in [6.45, 7) is 3.92. The van der Waals surface area contributed by atoms with E-state index in [4.69, 9.17) is 14.2 Å². The van der Waals surface area contributed by atoms with E-state index in [1.54, 1.807) is 50.4 Å². The van der Waals surface area contributed by atoms with E-state index in [-0.39, 0.29) is 5.91 Å². The van der Waals surface area contributed by atoms with Gasteiger partial charge in [-0.05, 0) is 49.7 Å². The Balaban J connectivity index is 1.98. The van der Waals surface area contributed by atoms with E-state index in [0.717, 1.165) is 6.42 Å². The molecule has 2 aromatic carbocycles. The molecule has 6 heteroatoms. The SMILES string of the molecule is CCCOC(=O)[C@H](C)Oc1ccc(C(=O)Nc2ccccc2OC)cc1. The van der Waals surface area contributed by atoms with Gasteiger partial charge in [0.15, 0.2) is 6.10 Å². The highest BCUT2D eigenvalue weighted by Gasteiger charge is 2.16. The molecule has 0 unspecified atom stereocenters. The minimum Gasteiger partial charge on any atom is -0.495 e. The number of methoxy groups -OCH3 is 1. The number of anilines is 1. The fourth-order valence-corrected chi connectivity index (χ4v) is 2.20. The number of amides is 1. The van der Waals surface area contributed by atoms with Gasteiger partial charge in [-0.25, -0.2) is 4.79 Å². The number of esters is 1. The second-order valence-corrected chi connectivity index (χ2v) is 5.61. The van der Waals surface area contributed by atoms with Crippen molar-refractivity contribution in [2.75, 3.05) is 19.0 Å². The topological polar surface area (TPSA) is 73.9 Å². The summed E-state index contributed by atoms with van der Waals surface area (Å²) in [7, 11) is 1.55. The zero-order valence-electron chi connectivity index (χ0n) is 15.2. The molecule has 0 aromatic heterocycles. The van der Waals surface area contributed by atoms with Crippen LogP contribution in [0.25, 0.3) is 0 Å². The van der Waals surface area contributed by atoms with Gasteiger partial charge in [-0.15, -0.1) is 0 Å². The lowest BCUT2D eigenvalue weighted by atomic mass is 10.2. The number of rotatable bonds is 8. The molecule has 0 radical (unpaired) electrons. The van der Waals surface area contributed by atoms with Crippen molar-refractivity contribution < 1.29 is 23.8 Å². The molecule has 0 saturated heterocycles. The summed E-state index contributed by atoms with van der Waals surface area (Å²) in [5.74, 6) is 0.390. The quantitative estimate of drug-likeness (QED) is 0.730. The molecule has 1 amide bonds. The van der Waals surface area contributed by atoms with Gasteiger partial charge in [0.1, 0.15) is 11.5 Å². The van der Waals surface area contributed by atoms with Gasteiger partial charge in [-0.1, -0.05) is 19.1 Å². The lowest BCUT2D eigenvalue weighted by Crippen LogP contribution is -2.26. The highest BCUT2D eigenvalue weighted by atomic mass is 16.6. The van der Waals surface area contributed by atoms with Crippen LogP contribution >= 0.6 is 0 Å². The third kappa shape index (κ3) is 5.24. The molecular formula is C20H23NO5. The van der Waals surface area contributed by atoms with Gasteiger partial charge in [0.25, 0.3) is 5.91 Å². The molecule has 0 saturated carbocycles. The van der Waals surface area contributed by atoms with Crippen molar-refractivity contribution in [1.29, 1.82) is 0 Å². The number of hydrogen-bond acceptors (Lipinski definition) is 5. The Morgan fingerprint density at radius 2 is 1.77 bits per heavy atom. The first-order valence-electron chi connectivity index (χ1n) is 8.43. The summed E-state index contributed by atoms with van der Waals surface area (Å²) in [6, 6.07) is 13.7. The first kappa shape index (κ1) is 19.3. The highest BCUT2D eigenvalue weighted by molar-refractivity contribution is 6.05. The molecule has 2 rings (SSSR count). The first-order valence-corrected chi connectivity index (χ1v) is 8.43. The molecule has 138 valence electrons. The zero-order chi connectivity index (χ0) is 18.9. The van der Waals surface area contributed by atoms with Crippen molar-refractivity contribution in [3.8, 4) is 11.5 Å². The van der Waals surface area contributed by atoms with E-state index in [2.05, 4.69) is 5.32 Å². The van der Waals surface area contributed by atoms with Crippen molar-refractivity contribution in [1.82, 2.24) is 0 Å². The van der Waals surface area contributed by atoms with Crippen LogP contribution in [0.2, 0.25) is 0 Å².